The fourth-order valence-corrected chi connectivity index (χ4v) is 0.890. The van der Waals surface area contributed by atoms with Crippen molar-refractivity contribution in [2.45, 2.75) is 12.8 Å². The third-order valence-electron chi connectivity index (χ3n) is 1.05. The standard InChI is InChI=1S/C6H11BrN2/c1-9(6-8)5-3-2-4-7/h2-5H2,1H3. The molecule has 0 radical (unpaired) electrons. The summed E-state index contributed by atoms with van der Waals surface area (Å²) in [4.78, 5) is 1.64. The minimum atomic E-state index is 0.877. The van der Waals surface area contributed by atoms with Crippen LogP contribution in [-0.4, -0.2) is 23.8 Å². The van der Waals surface area contributed by atoms with E-state index in [2.05, 4.69) is 15.9 Å². The molecular weight excluding hydrogens is 180 g/mol. The molecule has 0 aromatic heterocycles. The summed E-state index contributed by atoms with van der Waals surface area (Å²) in [7, 11) is 1.80. The molecule has 0 rings (SSSR count). The van der Waals surface area contributed by atoms with Crippen LogP contribution in [0.15, 0.2) is 0 Å². The minimum Gasteiger partial charge on any atom is -0.314 e. The van der Waals surface area contributed by atoms with Crippen LogP contribution in [0.1, 0.15) is 12.8 Å². The van der Waals surface area contributed by atoms with E-state index in [1.807, 2.05) is 6.19 Å². The highest BCUT2D eigenvalue weighted by Gasteiger charge is 1.90. The van der Waals surface area contributed by atoms with E-state index in [-0.39, 0.29) is 0 Å². The molecule has 0 amide bonds. The highest BCUT2D eigenvalue weighted by Crippen LogP contribution is 1.94. The van der Waals surface area contributed by atoms with E-state index in [1.165, 1.54) is 0 Å². The number of unbranched alkanes of at least 4 members (excludes halogenated alkanes) is 1. The molecule has 0 saturated heterocycles. The third kappa shape index (κ3) is 5.64. The minimum absolute atomic E-state index is 0.877. The van der Waals surface area contributed by atoms with Crippen LogP contribution in [-0.2, 0) is 0 Å². The molecule has 0 aliphatic rings. The molecule has 0 fully saturated rings. The van der Waals surface area contributed by atoms with Gasteiger partial charge in [0, 0.05) is 18.9 Å². The second-order valence-electron chi connectivity index (χ2n) is 1.92. The van der Waals surface area contributed by atoms with Crippen molar-refractivity contribution >= 4 is 15.9 Å². The maximum Gasteiger partial charge on any atom is 0.179 e. The van der Waals surface area contributed by atoms with Crippen LogP contribution < -0.4 is 0 Å². The Labute approximate surface area is 64.6 Å². The average molecular weight is 191 g/mol. The van der Waals surface area contributed by atoms with Crippen LogP contribution in [0.3, 0.4) is 0 Å². The van der Waals surface area contributed by atoms with Crippen LogP contribution in [0.2, 0.25) is 0 Å². The normalized spacial score (nSPS) is 8.56. The fraction of sp³-hybridized carbons (Fsp3) is 0.833. The van der Waals surface area contributed by atoms with Crippen molar-refractivity contribution in [1.82, 2.24) is 4.90 Å². The van der Waals surface area contributed by atoms with E-state index in [9.17, 15) is 0 Å². The van der Waals surface area contributed by atoms with Gasteiger partial charge in [0.25, 0.3) is 0 Å². The Morgan fingerprint density at radius 3 is 2.67 bits per heavy atom. The summed E-state index contributed by atoms with van der Waals surface area (Å²) in [5, 5.41) is 9.33. The molecule has 0 N–H and O–H groups in total. The molecule has 0 aromatic carbocycles. The van der Waals surface area contributed by atoms with Crippen molar-refractivity contribution in [3.05, 3.63) is 0 Å². The van der Waals surface area contributed by atoms with Crippen LogP contribution >= 0.6 is 15.9 Å². The molecule has 52 valence electrons. The number of nitriles is 1. The molecule has 0 heterocycles. The first-order chi connectivity index (χ1) is 4.31. The molecule has 0 aliphatic carbocycles. The summed E-state index contributed by atoms with van der Waals surface area (Å²) in [6, 6.07) is 0. The van der Waals surface area contributed by atoms with Gasteiger partial charge in [-0.2, -0.15) is 5.26 Å². The van der Waals surface area contributed by atoms with Gasteiger partial charge in [-0.25, -0.2) is 0 Å². The SMILES string of the molecule is CN(C#N)CCCCBr. The van der Waals surface area contributed by atoms with Gasteiger partial charge in [0.15, 0.2) is 6.19 Å². The Bertz CT molecular complexity index is 97.7. The molecule has 3 heteroatoms. The van der Waals surface area contributed by atoms with Crippen LogP contribution in [0, 0.1) is 11.5 Å². The molecule has 0 bridgehead atoms. The zero-order chi connectivity index (χ0) is 7.11. The predicted molar refractivity (Wildman–Crippen MR) is 41.3 cm³/mol. The smallest absolute Gasteiger partial charge is 0.179 e. The topological polar surface area (TPSA) is 27.0 Å². The number of alkyl halides is 1. The van der Waals surface area contributed by atoms with Crippen LogP contribution in [0.5, 0.6) is 0 Å². The lowest BCUT2D eigenvalue weighted by Gasteiger charge is -2.05. The van der Waals surface area contributed by atoms with Gasteiger partial charge in [-0.3, -0.25) is 0 Å². The molecule has 0 aliphatic heterocycles. The second kappa shape index (κ2) is 5.90. The highest BCUT2D eigenvalue weighted by atomic mass is 79.9. The van der Waals surface area contributed by atoms with Crippen LogP contribution in [0.25, 0.3) is 0 Å². The Kier molecular flexibility index (Phi) is 5.75. The van der Waals surface area contributed by atoms with Gasteiger partial charge in [0.1, 0.15) is 0 Å². The number of hydrogen-bond acceptors (Lipinski definition) is 2. The van der Waals surface area contributed by atoms with E-state index in [0.717, 1.165) is 24.7 Å². The van der Waals surface area contributed by atoms with E-state index in [1.54, 1.807) is 11.9 Å². The first kappa shape index (κ1) is 8.77. The number of nitrogens with zero attached hydrogens (tertiary/aromatic N) is 2. The molecule has 9 heavy (non-hydrogen) atoms. The molecule has 0 unspecified atom stereocenters. The average Bonchev–Trinajstić information content (AvgIpc) is 1.89. The summed E-state index contributed by atoms with van der Waals surface area (Å²) in [5.74, 6) is 0. The zero-order valence-corrected chi connectivity index (χ0v) is 7.19. The quantitative estimate of drug-likeness (QED) is 0.292. The molecule has 0 atom stereocenters. The molecule has 2 nitrogen and oxygen atoms in total. The first-order valence-electron chi connectivity index (χ1n) is 2.98. The van der Waals surface area contributed by atoms with Crippen molar-refractivity contribution in [1.29, 1.82) is 5.26 Å². The number of rotatable bonds is 4. The molecule has 0 spiro atoms. The monoisotopic (exact) mass is 190 g/mol. The van der Waals surface area contributed by atoms with Gasteiger partial charge in [0.05, 0.1) is 0 Å². The Morgan fingerprint density at radius 1 is 1.56 bits per heavy atom. The van der Waals surface area contributed by atoms with Gasteiger partial charge in [-0.05, 0) is 12.8 Å². The van der Waals surface area contributed by atoms with Crippen molar-refractivity contribution in [3.63, 3.8) is 0 Å². The predicted octanol–water partition coefficient (Wildman–Crippen LogP) is 1.57. The Morgan fingerprint density at radius 2 is 2.22 bits per heavy atom. The highest BCUT2D eigenvalue weighted by molar-refractivity contribution is 9.09. The number of halogens is 1. The lowest BCUT2D eigenvalue weighted by Crippen LogP contribution is -2.12. The van der Waals surface area contributed by atoms with Gasteiger partial charge in [-0.15, -0.1) is 0 Å². The molecular formula is C6H11BrN2. The van der Waals surface area contributed by atoms with Gasteiger partial charge in [-0.1, -0.05) is 15.9 Å². The first-order valence-corrected chi connectivity index (χ1v) is 4.10. The lowest BCUT2D eigenvalue weighted by atomic mass is 10.3. The molecule has 0 saturated carbocycles. The van der Waals surface area contributed by atoms with Gasteiger partial charge < -0.3 is 4.90 Å². The van der Waals surface area contributed by atoms with E-state index in [4.69, 9.17) is 5.26 Å². The molecule has 0 aromatic rings. The van der Waals surface area contributed by atoms with Crippen molar-refractivity contribution in [3.8, 4) is 6.19 Å². The second-order valence-corrected chi connectivity index (χ2v) is 2.71. The van der Waals surface area contributed by atoms with E-state index < -0.39 is 0 Å². The Balaban J connectivity index is 2.99. The fourth-order valence-electron chi connectivity index (χ4n) is 0.493. The maximum atomic E-state index is 8.30. The van der Waals surface area contributed by atoms with E-state index >= 15 is 0 Å². The summed E-state index contributed by atoms with van der Waals surface area (Å²) < 4.78 is 0. The van der Waals surface area contributed by atoms with Crippen molar-refractivity contribution in [2.24, 2.45) is 0 Å². The van der Waals surface area contributed by atoms with Gasteiger partial charge >= 0.3 is 0 Å². The summed E-state index contributed by atoms with van der Waals surface area (Å²) in [6.07, 6.45) is 4.28. The number of hydrogen-bond donors (Lipinski definition) is 0. The zero-order valence-electron chi connectivity index (χ0n) is 5.60. The van der Waals surface area contributed by atoms with Crippen molar-refractivity contribution in [2.75, 3.05) is 18.9 Å². The van der Waals surface area contributed by atoms with Gasteiger partial charge in [0.2, 0.25) is 0 Å². The summed E-state index contributed by atoms with van der Waals surface area (Å²) >= 11 is 3.32. The van der Waals surface area contributed by atoms with Crippen molar-refractivity contribution < 1.29 is 0 Å². The maximum absolute atomic E-state index is 8.30. The largest absolute Gasteiger partial charge is 0.314 e. The third-order valence-corrected chi connectivity index (χ3v) is 1.61. The van der Waals surface area contributed by atoms with E-state index in [0.29, 0.717) is 0 Å². The summed E-state index contributed by atoms with van der Waals surface area (Å²) in [5.41, 5.74) is 0. The summed E-state index contributed by atoms with van der Waals surface area (Å²) in [6.45, 7) is 0.877. The Hall–Kier alpha value is -0.230. The van der Waals surface area contributed by atoms with Crippen LogP contribution in [0.4, 0.5) is 0 Å². The lowest BCUT2D eigenvalue weighted by molar-refractivity contribution is 0.459.